The fourth-order valence-electron chi connectivity index (χ4n) is 3.08. The van der Waals surface area contributed by atoms with E-state index in [-0.39, 0.29) is 5.91 Å². The van der Waals surface area contributed by atoms with Gasteiger partial charge in [0.1, 0.15) is 10.8 Å². The van der Waals surface area contributed by atoms with E-state index in [1.54, 1.807) is 23.5 Å². The summed E-state index contributed by atoms with van der Waals surface area (Å²) in [6.07, 6.45) is 0. The molecule has 0 aliphatic rings. The Hall–Kier alpha value is -3.18. The molecule has 140 valence electrons. The molecule has 0 saturated heterocycles. The molecule has 4 nitrogen and oxygen atoms in total. The SMILES string of the molecule is CCOc1cccc(C(=O)Nc2cccc(-c3nc4ccccc4s3)c2C)c1. The Morgan fingerprint density at radius 2 is 1.89 bits per heavy atom. The first-order valence-corrected chi connectivity index (χ1v) is 9.97. The Morgan fingerprint density at radius 3 is 2.71 bits per heavy atom. The van der Waals surface area contributed by atoms with E-state index in [0.29, 0.717) is 17.9 Å². The van der Waals surface area contributed by atoms with Crippen molar-refractivity contribution in [2.24, 2.45) is 0 Å². The lowest BCUT2D eigenvalue weighted by atomic mass is 10.1. The lowest BCUT2D eigenvalue weighted by Gasteiger charge is -2.12. The number of rotatable bonds is 5. The average molecular weight is 388 g/mol. The molecule has 0 saturated carbocycles. The van der Waals surface area contributed by atoms with Crippen molar-refractivity contribution in [3.8, 4) is 16.3 Å². The molecule has 0 spiro atoms. The lowest BCUT2D eigenvalue weighted by Crippen LogP contribution is -2.13. The highest BCUT2D eigenvalue weighted by molar-refractivity contribution is 7.21. The van der Waals surface area contributed by atoms with Crippen LogP contribution < -0.4 is 10.1 Å². The highest BCUT2D eigenvalue weighted by Gasteiger charge is 2.14. The van der Waals surface area contributed by atoms with Crippen molar-refractivity contribution in [3.63, 3.8) is 0 Å². The lowest BCUT2D eigenvalue weighted by molar-refractivity contribution is 0.102. The zero-order valence-electron chi connectivity index (χ0n) is 15.7. The summed E-state index contributed by atoms with van der Waals surface area (Å²) in [7, 11) is 0. The number of ether oxygens (including phenoxy) is 1. The highest BCUT2D eigenvalue weighted by Crippen LogP contribution is 2.34. The van der Waals surface area contributed by atoms with E-state index in [9.17, 15) is 4.79 Å². The maximum Gasteiger partial charge on any atom is 0.255 e. The molecule has 0 bridgehead atoms. The largest absolute Gasteiger partial charge is 0.494 e. The molecular weight excluding hydrogens is 368 g/mol. The molecule has 1 amide bonds. The number of carbonyl (C=O) groups excluding carboxylic acids is 1. The fourth-order valence-corrected chi connectivity index (χ4v) is 4.13. The number of para-hydroxylation sites is 1. The van der Waals surface area contributed by atoms with Gasteiger partial charge in [-0.3, -0.25) is 4.79 Å². The monoisotopic (exact) mass is 388 g/mol. The fraction of sp³-hybridized carbons (Fsp3) is 0.130. The van der Waals surface area contributed by atoms with Gasteiger partial charge in [0.2, 0.25) is 0 Å². The van der Waals surface area contributed by atoms with Crippen LogP contribution in [0.15, 0.2) is 66.7 Å². The van der Waals surface area contributed by atoms with Crippen molar-refractivity contribution in [2.75, 3.05) is 11.9 Å². The van der Waals surface area contributed by atoms with E-state index in [0.717, 1.165) is 32.0 Å². The molecular formula is C23H20N2O2S. The van der Waals surface area contributed by atoms with Crippen LogP contribution in [-0.4, -0.2) is 17.5 Å². The van der Waals surface area contributed by atoms with Gasteiger partial charge in [0, 0.05) is 16.8 Å². The number of fused-ring (bicyclic) bond motifs is 1. The van der Waals surface area contributed by atoms with Gasteiger partial charge >= 0.3 is 0 Å². The number of nitrogens with zero attached hydrogens (tertiary/aromatic N) is 1. The molecule has 4 aromatic rings. The first kappa shape index (κ1) is 18.2. The minimum absolute atomic E-state index is 0.161. The molecule has 28 heavy (non-hydrogen) atoms. The normalized spacial score (nSPS) is 10.8. The van der Waals surface area contributed by atoms with Crippen molar-refractivity contribution in [3.05, 3.63) is 77.9 Å². The molecule has 1 aromatic heterocycles. The highest BCUT2D eigenvalue weighted by atomic mass is 32.1. The van der Waals surface area contributed by atoms with Gasteiger partial charge in [-0.05, 0) is 55.8 Å². The number of benzene rings is 3. The number of hydrogen-bond acceptors (Lipinski definition) is 4. The summed E-state index contributed by atoms with van der Waals surface area (Å²) in [5.74, 6) is 0.529. The second-order valence-electron chi connectivity index (χ2n) is 6.38. The van der Waals surface area contributed by atoms with Crippen LogP contribution in [0.2, 0.25) is 0 Å². The van der Waals surface area contributed by atoms with Crippen LogP contribution in [0, 0.1) is 6.92 Å². The Morgan fingerprint density at radius 1 is 1.07 bits per heavy atom. The van der Waals surface area contributed by atoms with Crippen LogP contribution in [0.3, 0.4) is 0 Å². The number of hydrogen-bond donors (Lipinski definition) is 1. The second-order valence-corrected chi connectivity index (χ2v) is 7.41. The Bertz CT molecular complexity index is 1120. The van der Waals surface area contributed by atoms with Crippen molar-refractivity contribution in [2.45, 2.75) is 13.8 Å². The minimum Gasteiger partial charge on any atom is -0.494 e. The summed E-state index contributed by atoms with van der Waals surface area (Å²) in [5, 5.41) is 3.97. The molecule has 4 rings (SSSR count). The molecule has 1 N–H and O–H groups in total. The summed E-state index contributed by atoms with van der Waals surface area (Å²) in [4.78, 5) is 17.5. The molecule has 0 unspecified atom stereocenters. The van der Waals surface area contributed by atoms with Gasteiger partial charge in [0.25, 0.3) is 5.91 Å². The van der Waals surface area contributed by atoms with Gasteiger partial charge in [-0.25, -0.2) is 4.98 Å². The molecule has 0 radical (unpaired) electrons. The Labute approximate surface area is 167 Å². The molecule has 1 heterocycles. The molecule has 5 heteroatoms. The average Bonchev–Trinajstić information content (AvgIpc) is 3.14. The predicted molar refractivity (Wildman–Crippen MR) is 115 cm³/mol. The van der Waals surface area contributed by atoms with Gasteiger partial charge < -0.3 is 10.1 Å². The molecule has 0 aliphatic heterocycles. The van der Waals surface area contributed by atoms with E-state index in [4.69, 9.17) is 9.72 Å². The van der Waals surface area contributed by atoms with Crippen molar-refractivity contribution >= 4 is 33.1 Å². The van der Waals surface area contributed by atoms with E-state index >= 15 is 0 Å². The van der Waals surface area contributed by atoms with Gasteiger partial charge in [-0.15, -0.1) is 11.3 Å². The van der Waals surface area contributed by atoms with Crippen LogP contribution in [-0.2, 0) is 0 Å². The van der Waals surface area contributed by atoms with Crippen molar-refractivity contribution < 1.29 is 9.53 Å². The summed E-state index contributed by atoms with van der Waals surface area (Å²) in [6.45, 7) is 4.49. The van der Waals surface area contributed by atoms with Crippen LogP contribution in [0.25, 0.3) is 20.8 Å². The maximum atomic E-state index is 12.7. The van der Waals surface area contributed by atoms with Crippen LogP contribution in [0.1, 0.15) is 22.8 Å². The van der Waals surface area contributed by atoms with E-state index in [2.05, 4.69) is 11.4 Å². The number of carbonyl (C=O) groups is 1. The summed E-state index contributed by atoms with van der Waals surface area (Å²) in [6, 6.07) is 21.2. The quantitative estimate of drug-likeness (QED) is 0.461. The maximum absolute atomic E-state index is 12.7. The van der Waals surface area contributed by atoms with Crippen LogP contribution in [0.4, 0.5) is 5.69 Å². The van der Waals surface area contributed by atoms with Crippen LogP contribution in [0.5, 0.6) is 5.75 Å². The molecule has 3 aromatic carbocycles. The van der Waals surface area contributed by atoms with Crippen molar-refractivity contribution in [1.82, 2.24) is 4.98 Å². The summed E-state index contributed by atoms with van der Waals surface area (Å²) >= 11 is 1.66. The number of anilines is 1. The molecule has 0 aliphatic carbocycles. The van der Waals surface area contributed by atoms with E-state index in [1.165, 1.54) is 0 Å². The van der Waals surface area contributed by atoms with E-state index in [1.807, 2.05) is 62.4 Å². The number of nitrogens with one attached hydrogen (secondary N) is 1. The Balaban J connectivity index is 1.63. The summed E-state index contributed by atoms with van der Waals surface area (Å²) in [5.41, 5.74) is 4.36. The van der Waals surface area contributed by atoms with Gasteiger partial charge in [0.05, 0.1) is 16.8 Å². The Kier molecular flexibility index (Phi) is 5.08. The number of aromatic nitrogens is 1. The topological polar surface area (TPSA) is 51.2 Å². The van der Waals surface area contributed by atoms with Crippen molar-refractivity contribution in [1.29, 1.82) is 0 Å². The zero-order chi connectivity index (χ0) is 19.5. The molecule has 0 atom stereocenters. The minimum atomic E-state index is -0.161. The third-order valence-electron chi connectivity index (χ3n) is 4.51. The second kappa shape index (κ2) is 7.82. The van der Waals surface area contributed by atoms with Gasteiger partial charge in [-0.2, -0.15) is 0 Å². The van der Waals surface area contributed by atoms with E-state index < -0.39 is 0 Å². The number of amides is 1. The van der Waals surface area contributed by atoms with Crippen LogP contribution >= 0.6 is 11.3 Å². The zero-order valence-corrected chi connectivity index (χ0v) is 16.5. The third kappa shape index (κ3) is 3.62. The predicted octanol–water partition coefficient (Wildman–Crippen LogP) is 5.92. The van der Waals surface area contributed by atoms with Gasteiger partial charge in [-0.1, -0.05) is 30.3 Å². The standard InChI is InChI=1S/C23H20N2O2S/c1-3-27-17-9-6-8-16(14-17)22(26)24-19-12-7-10-18(15(19)2)23-25-20-11-4-5-13-21(20)28-23/h4-14H,3H2,1-2H3,(H,24,26). The number of thiazole rings is 1. The third-order valence-corrected chi connectivity index (χ3v) is 5.58. The molecule has 0 fully saturated rings. The van der Waals surface area contributed by atoms with Gasteiger partial charge in [0.15, 0.2) is 0 Å². The smallest absolute Gasteiger partial charge is 0.255 e. The first-order chi connectivity index (χ1) is 13.7. The summed E-state index contributed by atoms with van der Waals surface area (Å²) < 4.78 is 6.64. The first-order valence-electron chi connectivity index (χ1n) is 9.15.